The van der Waals surface area contributed by atoms with Crippen molar-refractivity contribution in [2.75, 3.05) is 58.2 Å². The smallest absolute Gasteiger partial charge is 0.305 e. The van der Waals surface area contributed by atoms with E-state index in [1.165, 1.54) is 18.2 Å². The first-order valence-electron chi connectivity index (χ1n) is 19.4. The second-order valence-electron chi connectivity index (χ2n) is 13.6. The van der Waals surface area contributed by atoms with Crippen LogP contribution in [0.2, 0.25) is 0 Å². The van der Waals surface area contributed by atoms with Crippen LogP contribution in [0, 0.1) is 0 Å². The highest BCUT2D eigenvalue weighted by atomic mass is 16.5. The molecule has 0 unspecified atom stereocenters. The lowest BCUT2D eigenvalue weighted by Crippen LogP contribution is -2.43. The fourth-order valence-corrected chi connectivity index (χ4v) is 5.25. The van der Waals surface area contributed by atoms with Gasteiger partial charge in [-0.25, -0.2) is 0 Å². The number of hydrogen-bond acceptors (Lipinski definition) is 12. The summed E-state index contributed by atoms with van der Waals surface area (Å²) in [6.45, 7) is 0.115. The lowest BCUT2D eigenvalue weighted by atomic mass is 10.1. The Morgan fingerprint density at radius 1 is 0.483 bits per heavy atom. The van der Waals surface area contributed by atoms with Gasteiger partial charge in [0.25, 0.3) is 11.8 Å². The predicted molar refractivity (Wildman–Crippen MR) is 207 cm³/mol. The topological polar surface area (TPSA) is 290 Å². The standard InChI is InChI=1S/C39H59N3O16/c1-27(43)10-8-6-4-2-3-5-7-9-11-33(44)40-30-21-28(38(53)41-31(23-55-16-12-34(45)46)24-56-17-13-35(47)48)20-29(22-30)39(54)42-32(25-57-18-14-36(49)50)26-58-19-15-37(51)52/h20-22,31-32H,2-19,23-26H2,1H3,(H,40,44)(H,41,53)(H,42,54)(H,45,46)(H,47,48)(H,49,50)(H,51,52). The SMILES string of the molecule is CC(=O)CCCCCCCCCCC(=O)Nc1cc(C(=O)NC(COCCC(=O)O)COCCC(=O)O)cc(C(=O)NC(COCCC(=O)O)COCCC(=O)O)c1. The fraction of sp³-hybridized carbons (Fsp3) is 0.641. The van der Waals surface area contributed by atoms with E-state index in [9.17, 15) is 38.4 Å². The van der Waals surface area contributed by atoms with Gasteiger partial charge in [0.05, 0.1) is 90.6 Å². The summed E-state index contributed by atoms with van der Waals surface area (Å²) in [5, 5.41) is 43.8. The van der Waals surface area contributed by atoms with Crippen molar-refractivity contribution in [3.63, 3.8) is 0 Å². The molecule has 1 aromatic carbocycles. The van der Waals surface area contributed by atoms with E-state index in [0.717, 1.165) is 44.9 Å². The van der Waals surface area contributed by atoms with E-state index in [4.69, 9.17) is 39.4 Å². The molecule has 0 aliphatic carbocycles. The van der Waals surface area contributed by atoms with Crippen LogP contribution >= 0.6 is 0 Å². The molecule has 0 aromatic heterocycles. The van der Waals surface area contributed by atoms with Crippen molar-refractivity contribution in [2.24, 2.45) is 0 Å². The number of hydrogen-bond donors (Lipinski definition) is 7. The quantitative estimate of drug-likeness (QED) is 0.0478. The Balaban J connectivity index is 3.16. The van der Waals surface area contributed by atoms with Crippen molar-refractivity contribution >= 4 is 53.1 Å². The maximum Gasteiger partial charge on any atom is 0.305 e. The number of aliphatic carboxylic acids is 4. The average Bonchev–Trinajstić information content (AvgIpc) is 3.15. The van der Waals surface area contributed by atoms with Gasteiger partial charge in [0.15, 0.2) is 0 Å². The van der Waals surface area contributed by atoms with Crippen LogP contribution in [0.5, 0.6) is 0 Å². The fourth-order valence-electron chi connectivity index (χ4n) is 5.25. The van der Waals surface area contributed by atoms with Crippen molar-refractivity contribution in [3.8, 4) is 0 Å². The van der Waals surface area contributed by atoms with Gasteiger partial charge >= 0.3 is 23.9 Å². The Morgan fingerprint density at radius 2 is 0.810 bits per heavy atom. The second kappa shape index (κ2) is 31.1. The van der Waals surface area contributed by atoms with E-state index in [0.29, 0.717) is 12.8 Å². The normalized spacial score (nSPS) is 11.0. The molecular formula is C39H59N3O16. The molecular weight excluding hydrogens is 766 g/mol. The van der Waals surface area contributed by atoms with Gasteiger partial charge in [-0.15, -0.1) is 0 Å². The number of amides is 3. The third kappa shape index (κ3) is 27.6. The summed E-state index contributed by atoms with van der Waals surface area (Å²) in [6.07, 6.45) is 6.87. The highest BCUT2D eigenvalue weighted by Gasteiger charge is 2.21. The summed E-state index contributed by atoms with van der Waals surface area (Å²) < 4.78 is 21.6. The molecule has 0 spiro atoms. The van der Waals surface area contributed by atoms with Crippen molar-refractivity contribution in [1.82, 2.24) is 10.6 Å². The number of ether oxygens (including phenoxy) is 4. The summed E-state index contributed by atoms with van der Waals surface area (Å²) in [4.78, 5) is 95.0. The number of nitrogens with one attached hydrogen (secondary N) is 3. The molecule has 7 N–H and O–H groups in total. The third-order valence-corrected chi connectivity index (χ3v) is 8.21. The Kier molecular flexibility index (Phi) is 27.3. The number of carboxylic acid groups (broad SMARTS) is 4. The minimum Gasteiger partial charge on any atom is -0.481 e. The van der Waals surface area contributed by atoms with E-state index >= 15 is 0 Å². The zero-order valence-corrected chi connectivity index (χ0v) is 33.1. The Labute approximate surface area is 337 Å². The first-order valence-corrected chi connectivity index (χ1v) is 19.4. The Bertz CT molecular complexity index is 1350. The van der Waals surface area contributed by atoms with Crippen LogP contribution in [-0.2, 0) is 47.7 Å². The molecule has 0 atom stereocenters. The molecule has 3 amide bonds. The van der Waals surface area contributed by atoms with Crippen molar-refractivity contribution in [3.05, 3.63) is 29.3 Å². The molecule has 0 saturated carbocycles. The summed E-state index contributed by atoms with van der Waals surface area (Å²) >= 11 is 0. The summed E-state index contributed by atoms with van der Waals surface area (Å²) in [5.41, 5.74) is -0.0223. The van der Waals surface area contributed by atoms with E-state index < -0.39 is 47.8 Å². The molecule has 0 bridgehead atoms. The molecule has 0 saturated heterocycles. The number of rotatable bonds is 36. The molecule has 0 heterocycles. The van der Waals surface area contributed by atoms with Crippen LogP contribution in [0.4, 0.5) is 5.69 Å². The highest BCUT2D eigenvalue weighted by Crippen LogP contribution is 2.18. The number of carbonyl (C=O) groups excluding carboxylic acids is 4. The van der Waals surface area contributed by atoms with Crippen LogP contribution in [0.15, 0.2) is 18.2 Å². The average molecular weight is 826 g/mol. The largest absolute Gasteiger partial charge is 0.481 e. The molecule has 58 heavy (non-hydrogen) atoms. The lowest BCUT2D eigenvalue weighted by molar-refractivity contribution is -0.139. The molecule has 0 radical (unpaired) electrons. The van der Waals surface area contributed by atoms with Crippen molar-refractivity contribution < 1.29 is 77.7 Å². The lowest BCUT2D eigenvalue weighted by Gasteiger charge is -2.21. The van der Waals surface area contributed by atoms with Gasteiger partial charge in [-0.05, 0) is 38.0 Å². The van der Waals surface area contributed by atoms with Crippen LogP contribution in [-0.4, -0.2) is 133 Å². The van der Waals surface area contributed by atoms with Gasteiger partial charge in [-0.1, -0.05) is 38.5 Å². The third-order valence-electron chi connectivity index (χ3n) is 8.21. The highest BCUT2D eigenvalue weighted by molar-refractivity contribution is 6.03. The summed E-state index contributed by atoms with van der Waals surface area (Å²) in [6, 6.07) is 2.21. The number of ketones is 1. The number of benzene rings is 1. The van der Waals surface area contributed by atoms with E-state index in [2.05, 4.69) is 16.0 Å². The number of anilines is 1. The molecule has 0 aliphatic heterocycles. The van der Waals surface area contributed by atoms with Crippen LogP contribution in [0.3, 0.4) is 0 Å². The number of unbranched alkanes of at least 4 members (excludes halogenated alkanes) is 7. The zero-order chi connectivity index (χ0) is 43.1. The van der Waals surface area contributed by atoms with Gasteiger partial charge in [0, 0.05) is 29.7 Å². The van der Waals surface area contributed by atoms with Gasteiger partial charge in [-0.3, -0.25) is 33.6 Å². The number of Topliss-reactive ketones (excluding diaryl/α,β-unsaturated/α-hetero) is 1. The van der Waals surface area contributed by atoms with Gasteiger partial charge in [0.1, 0.15) is 5.78 Å². The monoisotopic (exact) mass is 825 g/mol. The van der Waals surface area contributed by atoms with E-state index in [1.807, 2.05) is 0 Å². The zero-order valence-electron chi connectivity index (χ0n) is 33.1. The number of carboxylic acids is 4. The maximum atomic E-state index is 13.6. The summed E-state index contributed by atoms with van der Waals surface area (Å²) in [5.74, 6) is -6.03. The number of carbonyl (C=O) groups is 8. The Morgan fingerprint density at radius 3 is 1.14 bits per heavy atom. The second-order valence-corrected chi connectivity index (χ2v) is 13.6. The predicted octanol–water partition coefficient (Wildman–Crippen LogP) is 3.28. The van der Waals surface area contributed by atoms with Gasteiger partial charge < -0.3 is 60.1 Å². The van der Waals surface area contributed by atoms with Crippen LogP contribution in [0.1, 0.15) is 118 Å². The van der Waals surface area contributed by atoms with E-state index in [-0.39, 0.29) is 113 Å². The molecule has 19 heteroatoms. The minimum absolute atomic E-state index is 0.0701. The molecule has 0 aliphatic rings. The molecule has 19 nitrogen and oxygen atoms in total. The van der Waals surface area contributed by atoms with E-state index in [1.54, 1.807) is 6.92 Å². The van der Waals surface area contributed by atoms with Crippen LogP contribution < -0.4 is 16.0 Å². The molecule has 326 valence electrons. The maximum absolute atomic E-state index is 13.6. The van der Waals surface area contributed by atoms with Crippen LogP contribution in [0.25, 0.3) is 0 Å². The van der Waals surface area contributed by atoms with Gasteiger partial charge in [0.2, 0.25) is 5.91 Å². The van der Waals surface area contributed by atoms with Crippen molar-refractivity contribution in [1.29, 1.82) is 0 Å². The first kappa shape index (κ1) is 51.0. The van der Waals surface area contributed by atoms with Crippen molar-refractivity contribution in [2.45, 2.75) is 109 Å². The summed E-state index contributed by atoms with van der Waals surface area (Å²) in [7, 11) is 0. The first-order chi connectivity index (χ1) is 27.7. The molecule has 0 fully saturated rings. The van der Waals surface area contributed by atoms with Gasteiger partial charge in [-0.2, -0.15) is 0 Å². The molecule has 1 rings (SSSR count). The Hall–Kier alpha value is -4.98. The molecule has 1 aromatic rings. The minimum atomic E-state index is -1.10.